The van der Waals surface area contributed by atoms with Gasteiger partial charge in [0.25, 0.3) is 0 Å². The minimum absolute atomic E-state index is 0. The first-order valence-electron chi connectivity index (χ1n) is 0.428. The second kappa shape index (κ2) is 25.0. The number of isothiocyanates is 1. The number of rotatable bonds is 0. The smallest absolute Gasteiger partial charge is 0.813 e. The maximum atomic E-state index is 7.13. The Labute approximate surface area is 114 Å². The van der Waals surface area contributed by atoms with E-state index in [0.29, 0.717) is 0 Å². The van der Waals surface area contributed by atoms with Gasteiger partial charge in [-0.25, -0.2) is 0 Å². The fraction of sp³-hybridized carbons (Fsp3) is 0. The zero-order valence-corrected chi connectivity index (χ0v) is 10.6. The third-order valence-corrected chi connectivity index (χ3v) is 0. The molecule has 0 aromatic heterocycles. The van der Waals surface area contributed by atoms with E-state index in [1.54, 1.807) is 0 Å². The van der Waals surface area contributed by atoms with Crippen LogP contribution in [0.2, 0.25) is 0 Å². The summed E-state index contributed by atoms with van der Waals surface area (Å²) in [5, 5.41) is 8.47. The summed E-state index contributed by atoms with van der Waals surface area (Å²) in [6.45, 7) is 0. The molecule has 0 rings (SSSR count). The minimum Gasteiger partial charge on any atom is -0.813 e. The molecule has 0 fully saturated rings. The number of thiocarbonyl (C=S) groups is 1. The molecule has 0 heterocycles. The molecule has 0 aliphatic rings. The van der Waals surface area contributed by atoms with E-state index in [1.807, 2.05) is 0 Å². The molecule has 24 valence electrons. The molecular weight excluding hydrogens is 152 g/mol. The number of hydrogen-bond acceptors (Lipinski definition) is 2. The first kappa shape index (κ1) is 23.3. The van der Waals surface area contributed by atoms with Gasteiger partial charge in [-0.2, -0.15) is 5.16 Å². The quantitative estimate of drug-likeness (QED) is 0.114. The first-order valence-corrected chi connectivity index (χ1v) is 0.836. The Morgan fingerprint density at radius 2 is 1.50 bits per heavy atom. The first-order chi connectivity index (χ1) is 1.41. The maximum Gasteiger partial charge on any atom is 1.00 e. The van der Waals surface area contributed by atoms with Crippen LogP contribution >= 0.6 is 12.2 Å². The Morgan fingerprint density at radius 3 is 1.50 bits per heavy atom. The summed E-state index contributed by atoms with van der Waals surface area (Å²) in [5.41, 5.74) is 0. The predicted molar refractivity (Wildman–Crippen MR) is 24.7 cm³/mol. The summed E-state index contributed by atoms with van der Waals surface area (Å²) in [6.07, 6.45) is 0. The largest absolute Gasteiger partial charge is 1.00 e. The van der Waals surface area contributed by atoms with E-state index in [0.717, 1.165) is 0 Å². The number of hydrogen-bond donors (Lipinski definition) is 0. The Morgan fingerprint density at radius 1 is 1.50 bits per heavy atom. The summed E-state index contributed by atoms with van der Waals surface area (Å²) >= 11 is 3.70. The molecular formula is CHKNNaS2. The Kier molecular flexibility index (Phi) is 96.9. The third-order valence-electron chi connectivity index (χ3n) is 0. The molecule has 0 radical (unpaired) electrons. The summed E-state index contributed by atoms with van der Waals surface area (Å²) in [4.78, 5) is 0. The van der Waals surface area contributed by atoms with Crippen LogP contribution in [0.4, 0.5) is 0 Å². The van der Waals surface area contributed by atoms with Crippen LogP contribution in [-0.2, 0) is 13.5 Å². The molecule has 0 unspecified atom stereocenters. The van der Waals surface area contributed by atoms with Gasteiger partial charge >= 0.3 is 80.9 Å². The van der Waals surface area contributed by atoms with Gasteiger partial charge in [-0.1, -0.05) is 12.2 Å². The standard InChI is InChI=1S/CNS.K.Na.H2S/c2-1-3;;;/h;;;1H2/q-1;2*+1;/p-1. The van der Waals surface area contributed by atoms with Crippen LogP contribution < -0.4 is 80.9 Å². The van der Waals surface area contributed by atoms with Gasteiger partial charge in [-0.05, 0) is 0 Å². The molecule has 0 aliphatic carbocycles. The van der Waals surface area contributed by atoms with Gasteiger partial charge in [0.2, 0.25) is 0 Å². The second-order valence-electron chi connectivity index (χ2n) is 0.0913. The molecule has 0 aliphatic heterocycles. The summed E-state index contributed by atoms with van der Waals surface area (Å²) in [5.74, 6) is 0. The second-order valence-corrected chi connectivity index (χ2v) is 0.274. The van der Waals surface area contributed by atoms with E-state index >= 15 is 0 Å². The summed E-state index contributed by atoms with van der Waals surface area (Å²) < 4.78 is 0. The van der Waals surface area contributed by atoms with E-state index < -0.39 is 0 Å². The average Bonchev–Trinajstić information content (AvgIpc) is 0.918. The average molecular weight is 153 g/mol. The monoisotopic (exact) mass is 153 g/mol. The van der Waals surface area contributed by atoms with Crippen molar-refractivity contribution in [3.8, 4) is 0 Å². The van der Waals surface area contributed by atoms with Crippen molar-refractivity contribution in [3.05, 3.63) is 5.41 Å². The van der Waals surface area contributed by atoms with Gasteiger partial charge in [-0.15, -0.1) is 0 Å². The Bertz CT molecular complexity index is 34.5. The van der Waals surface area contributed by atoms with Crippen molar-refractivity contribution in [2.45, 2.75) is 0 Å². The molecule has 6 heavy (non-hydrogen) atoms. The van der Waals surface area contributed by atoms with Crippen molar-refractivity contribution < 1.29 is 80.9 Å². The summed E-state index contributed by atoms with van der Waals surface area (Å²) in [7, 11) is 0. The molecule has 0 bridgehead atoms. The number of thiol groups is 1. The Balaban J connectivity index is -0.00000000667. The van der Waals surface area contributed by atoms with Crippen molar-refractivity contribution in [1.82, 2.24) is 0 Å². The van der Waals surface area contributed by atoms with Gasteiger partial charge in [0, 0.05) is 0 Å². The van der Waals surface area contributed by atoms with Crippen LogP contribution in [0.25, 0.3) is 5.41 Å². The van der Waals surface area contributed by atoms with E-state index in [4.69, 9.17) is 5.41 Å². The van der Waals surface area contributed by atoms with Crippen LogP contribution in [0.1, 0.15) is 0 Å². The van der Waals surface area contributed by atoms with Crippen LogP contribution in [-0.4, -0.2) is 5.16 Å². The Hall–Kier alpha value is 2.79. The molecule has 1 nitrogen and oxygen atoms in total. The van der Waals surface area contributed by atoms with E-state index in [-0.39, 0.29) is 94.4 Å². The topological polar surface area (TPSA) is 22.3 Å². The van der Waals surface area contributed by atoms with Gasteiger partial charge < -0.3 is 18.9 Å². The van der Waals surface area contributed by atoms with Crippen molar-refractivity contribution in [2.24, 2.45) is 0 Å². The van der Waals surface area contributed by atoms with Gasteiger partial charge in [0.15, 0.2) is 0 Å². The molecule has 0 aromatic carbocycles. The maximum absolute atomic E-state index is 7.13. The van der Waals surface area contributed by atoms with Gasteiger partial charge in [0.05, 0.1) is 0 Å². The minimum atomic E-state index is 0. The van der Waals surface area contributed by atoms with Crippen molar-refractivity contribution in [3.63, 3.8) is 0 Å². The van der Waals surface area contributed by atoms with Gasteiger partial charge in [-0.3, -0.25) is 0 Å². The van der Waals surface area contributed by atoms with Crippen molar-refractivity contribution >= 4 is 30.9 Å². The molecule has 0 saturated carbocycles. The third kappa shape index (κ3) is 29.3. The van der Waals surface area contributed by atoms with Crippen molar-refractivity contribution in [2.75, 3.05) is 0 Å². The van der Waals surface area contributed by atoms with Crippen LogP contribution in [0.3, 0.4) is 0 Å². The zero-order chi connectivity index (χ0) is 2.71. The zero-order valence-electron chi connectivity index (χ0n) is 3.80. The van der Waals surface area contributed by atoms with Crippen LogP contribution in [0.15, 0.2) is 0 Å². The van der Waals surface area contributed by atoms with Crippen LogP contribution in [0, 0.1) is 0 Å². The molecule has 0 spiro atoms. The molecule has 0 atom stereocenters. The van der Waals surface area contributed by atoms with Crippen molar-refractivity contribution in [1.29, 1.82) is 0 Å². The molecule has 5 heteroatoms. The van der Waals surface area contributed by atoms with Crippen LogP contribution in [0.5, 0.6) is 0 Å². The summed E-state index contributed by atoms with van der Waals surface area (Å²) in [6, 6.07) is 0. The molecule has 0 amide bonds. The predicted octanol–water partition coefficient (Wildman–Crippen LogP) is -5.60. The number of nitrogens with zero attached hydrogens (tertiary/aromatic N) is 1. The molecule has 0 aromatic rings. The van der Waals surface area contributed by atoms with E-state index in [2.05, 4.69) is 12.2 Å². The molecule has 0 N–H and O–H groups in total. The van der Waals surface area contributed by atoms with E-state index in [1.165, 1.54) is 5.16 Å². The normalized spacial score (nSPS) is 1.33. The fourth-order valence-electron chi connectivity index (χ4n) is 0. The van der Waals surface area contributed by atoms with Gasteiger partial charge in [0.1, 0.15) is 0 Å². The fourth-order valence-corrected chi connectivity index (χ4v) is 0. The SMILES string of the molecule is [K+].[N-]=C=S.[Na+].[SH-]. The molecule has 0 saturated heterocycles. The van der Waals surface area contributed by atoms with E-state index in [9.17, 15) is 0 Å².